The molecule has 8 heteroatoms. The van der Waals surface area contributed by atoms with Crippen molar-refractivity contribution in [2.45, 2.75) is 27.7 Å². The molecule has 0 aliphatic rings. The number of methoxy groups -OCH3 is 1. The van der Waals surface area contributed by atoms with Gasteiger partial charge in [0.2, 0.25) is 0 Å². The molecule has 144 valence electrons. The highest BCUT2D eigenvalue weighted by Gasteiger charge is 2.16. The van der Waals surface area contributed by atoms with Crippen molar-refractivity contribution in [2.24, 2.45) is 0 Å². The molecule has 0 unspecified atom stereocenters. The summed E-state index contributed by atoms with van der Waals surface area (Å²) in [5, 5.41) is 11.3. The summed E-state index contributed by atoms with van der Waals surface area (Å²) in [7, 11) is 1.66. The third-order valence-electron chi connectivity index (χ3n) is 4.40. The Morgan fingerprint density at radius 2 is 1.89 bits per heavy atom. The van der Waals surface area contributed by atoms with Gasteiger partial charge in [-0.15, -0.1) is 22.7 Å². The van der Waals surface area contributed by atoms with Crippen molar-refractivity contribution in [2.75, 3.05) is 12.4 Å². The molecule has 0 radical (unpaired) electrons. The lowest BCUT2D eigenvalue weighted by Crippen LogP contribution is -1.95. The van der Waals surface area contributed by atoms with Crippen molar-refractivity contribution >= 4 is 33.5 Å². The normalized spacial score (nSPS) is 11.0. The summed E-state index contributed by atoms with van der Waals surface area (Å²) < 4.78 is 10.8. The van der Waals surface area contributed by atoms with Gasteiger partial charge in [-0.25, -0.2) is 9.97 Å². The molecule has 3 aromatic heterocycles. The summed E-state index contributed by atoms with van der Waals surface area (Å²) in [6, 6.07) is 5.98. The predicted molar refractivity (Wildman–Crippen MR) is 114 cm³/mol. The van der Waals surface area contributed by atoms with Gasteiger partial charge < -0.3 is 14.6 Å². The third-order valence-corrected chi connectivity index (χ3v) is 6.26. The van der Waals surface area contributed by atoms with Crippen LogP contribution in [-0.4, -0.2) is 22.2 Å². The zero-order valence-electron chi connectivity index (χ0n) is 16.3. The summed E-state index contributed by atoms with van der Waals surface area (Å²) in [6.45, 7) is 7.88. The van der Waals surface area contributed by atoms with Crippen molar-refractivity contribution in [3.63, 3.8) is 0 Å². The Balaban J connectivity index is 1.68. The van der Waals surface area contributed by atoms with Gasteiger partial charge in [-0.3, -0.25) is 0 Å². The minimum absolute atomic E-state index is 0.747. The van der Waals surface area contributed by atoms with Crippen molar-refractivity contribution in [1.82, 2.24) is 15.1 Å². The fourth-order valence-corrected chi connectivity index (χ4v) is 4.84. The van der Waals surface area contributed by atoms with Crippen LogP contribution < -0.4 is 10.1 Å². The molecule has 1 aromatic carbocycles. The fraction of sp³-hybridized carbons (Fsp3) is 0.250. The van der Waals surface area contributed by atoms with E-state index >= 15 is 0 Å². The Morgan fingerprint density at radius 1 is 1.07 bits per heavy atom. The van der Waals surface area contributed by atoms with E-state index in [0.717, 1.165) is 60.4 Å². The monoisotopic (exact) mass is 412 g/mol. The molecule has 4 rings (SSSR count). The largest absolute Gasteiger partial charge is 0.495 e. The van der Waals surface area contributed by atoms with Crippen LogP contribution >= 0.6 is 22.7 Å². The second-order valence-electron chi connectivity index (χ2n) is 6.42. The standard InChI is InChI=1S/C20H20N4O2S2/c1-10-18(12(3)26-24-10)14-6-7-17(25-5)15(8-14)22-20-23-16(9-27-20)19-11(2)21-13(4)28-19/h6-9H,1-5H3,(H,22,23). The molecule has 0 fully saturated rings. The van der Waals surface area contributed by atoms with E-state index < -0.39 is 0 Å². The van der Waals surface area contributed by atoms with Crippen molar-refractivity contribution in [1.29, 1.82) is 0 Å². The first-order chi connectivity index (χ1) is 13.5. The zero-order chi connectivity index (χ0) is 19.8. The molecule has 28 heavy (non-hydrogen) atoms. The number of benzene rings is 1. The Labute approximate surface area is 171 Å². The molecule has 4 aromatic rings. The first-order valence-electron chi connectivity index (χ1n) is 8.74. The number of anilines is 2. The molecule has 3 heterocycles. The van der Waals surface area contributed by atoms with Gasteiger partial charge in [0, 0.05) is 10.9 Å². The topological polar surface area (TPSA) is 73.1 Å². The minimum atomic E-state index is 0.747. The molecular formula is C20H20N4O2S2. The van der Waals surface area contributed by atoms with Gasteiger partial charge in [-0.05, 0) is 45.4 Å². The number of thiazole rings is 2. The number of aromatic nitrogens is 3. The number of nitrogens with one attached hydrogen (secondary N) is 1. The van der Waals surface area contributed by atoms with Crippen molar-refractivity contribution in [3.8, 4) is 27.4 Å². The van der Waals surface area contributed by atoms with Crippen LogP contribution in [0.25, 0.3) is 21.7 Å². The summed E-state index contributed by atoms with van der Waals surface area (Å²) in [4.78, 5) is 10.3. The maximum atomic E-state index is 5.53. The quantitative estimate of drug-likeness (QED) is 0.439. The van der Waals surface area contributed by atoms with Gasteiger partial charge in [-0.1, -0.05) is 11.2 Å². The summed E-state index contributed by atoms with van der Waals surface area (Å²) >= 11 is 3.22. The third kappa shape index (κ3) is 3.41. The van der Waals surface area contributed by atoms with Crippen LogP contribution in [-0.2, 0) is 0 Å². The van der Waals surface area contributed by atoms with Crippen molar-refractivity contribution in [3.05, 3.63) is 45.7 Å². The SMILES string of the molecule is COc1ccc(-c2c(C)noc2C)cc1Nc1nc(-c2sc(C)nc2C)cs1. The Morgan fingerprint density at radius 3 is 2.54 bits per heavy atom. The van der Waals surface area contributed by atoms with E-state index in [1.807, 2.05) is 51.3 Å². The highest BCUT2D eigenvalue weighted by Crippen LogP contribution is 2.37. The molecule has 0 atom stereocenters. The number of ether oxygens (including phenoxy) is 1. The van der Waals surface area contributed by atoms with E-state index in [2.05, 4.69) is 15.5 Å². The Bertz CT molecular complexity index is 1120. The number of rotatable bonds is 5. The first kappa shape index (κ1) is 18.6. The van der Waals surface area contributed by atoms with Crippen LogP contribution in [0.15, 0.2) is 28.1 Å². The van der Waals surface area contributed by atoms with Crippen LogP contribution in [0.1, 0.15) is 22.2 Å². The molecule has 6 nitrogen and oxygen atoms in total. The number of hydrogen-bond acceptors (Lipinski definition) is 8. The van der Waals surface area contributed by atoms with E-state index in [4.69, 9.17) is 14.2 Å². The smallest absolute Gasteiger partial charge is 0.187 e. The first-order valence-corrected chi connectivity index (χ1v) is 10.4. The molecular weight excluding hydrogens is 392 g/mol. The number of aryl methyl sites for hydroxylation is 4. The highest BCUT2D eigenvalue weighted by atomic mass is 32.1. The van der Waals surface area contributed by atoms with E-state index in [-0.39, 0.29) is 0 Å². The van der Waals surface area contributed by atoms with Gasteiger partial charge >= 0.3 is 0 Å². The van der Waals surface area contributed by atoms with Gasteiger partial charge in [0.15, 0.2) is 5.13 Å². The lowest BCUT2D eigenvalue weighted by molar-refractivity contribution is 0.393. The minimum Gasteiger partial charge on any atom is -0.495 e. The second-order valence-corrected chi connectivity index (χ2v) is 8.49. The molecule has 0 amide bonds. The lowest BCUT2D eigenvalue weighted by atomic mass is 10.0. The highest BCUT2D eigenvalue weighted by molar-refractivity contribution is 7.16. The summed E-state index contributed by atoms with van der Waals surface area (Å²) in [5.74, 6) is 1.54. The summed E-state index contributed by atoms with van der Waals surface area (Å²) in [5.41, 5.74) is 5.68. The van der Waals surface area contributed by atoms with E-state index in [1.165, 1.54) is 0 Å². The molecule has 0 bridgehead atoms. The molecule has 1 N–H and O–H groups in total. The van der Waals surface area contributed by atoms with Crippen LogP contribution in [0.4, 0.5) is 10.8 Å². The van der Waals surface area contributed by atoms with Gasteiger partial charge in [-0.2, -0.15) is 0 Å². The second kappa shape index (κ2) is 7.37. The van der Waals surface area contributed by atoms with E-state index in [9.17, 15) is 0 Å². The van der Waals surface area contributed by atoms with Crippen molar-refractivity contribution < 1.29 is 9.26 Å². The maximum Gasteiger partial charge on any atom is 0.187 e. The fourth-order valence-electron chi connectivity index (χ4n) is 3.18. The van der Waals surface area contributed by atoms with E-state index in [0.29, 0.717) is 0 Å². The Hall–Kier alpha value is -2.71. The van der Waals surface area contributed by atoms with Crippen LogP contribution in [0, 0.1) is 27.7 Å². The molecule has 0 aliphatic heterocycles. The van der Waals surface area contributed by atoms with Crippen LogP contribution in [0.5, 0.6) is 5.75 Å². The predicted octanol–water partition coefficient (Wildman–Crippen LogP) is 5.91. The van der Waals surface area contributed by atoms with Gasteiger partial charge in [0.1, 0.15) is 11.5 Å². The van der Waals surface area contributed by atoms with Gasteiger partial charge in [0.25, 0.3) is 0 Å². The molecule has 0 saturated heterocycles. The van der Waals surface area contributed by atoms with Crippen LogP contribution in [0.3, 0.4) is 0 Å². The average Bonchev–Trinajstić information content (AvgIpc) is 3.34. The van der Waals surface area contributed by atoms with E-state index in [1.54, 1.807) is 29.8 Å². The Kier molecular flexibility index (Phi) is 4.91. The van der Waals surface area contributed by atoms with Gasteiger partial charge in [0.05, 0.1) is 39.8 Å². The van der Waals surface area contributed by atoms with Crippen LogP contribution in [0.2, 0.25) is 0 Å². The lowest BCUT2D eigenvalue weighted by Gasteiger charge is -2.11. The average molecular weight is 413 g/mol. The zero-order valence-corrected chi connectivity index (χ0v) is 17.9. The summed E-state index contributed by atoms with van der Waals surface area (Å²) in [6.07, 6.45) is 0. The maximum absolute atomic E-state index is 5.53. The molecule has 0 saturated carbocycles. The molecule has 0 aliphatic carbocycles. The molecule has 0 spiro atoms. The number of hydrogen-bond donors (Lipinski definition) is 1. The number of nitrogens with zero attached hydrogens (tertiary/aromatic N) is 3.